The first-order valence-electron chi connectivity index (χ1n) is 3.66. The molecule has 2 nitrogen and oxygen atoms in total. The standard InChI is InChI=1S/C10H10O2/c1-2-9-5-3-4-6-10(9)12-8-7-11/h2-7H,1,8H2. The van der Waals surface area contributed by atoms with E-state index in [9.17, 15) is 4.79 Å². The Balaban J connectivity index is 2.81. The average Bonchev–Trinajstić information content (AvgIpc) is 2.15. The van der Waals surface area contributed by atoms with E-state index in [4.69, 9.17) is 4.74 Å². The lowest BCUT2D eigenvalue weighted by atomic mass is 10.2. The Morgan fingerprint density at radius 3 is 2.83 bits per heavy atom. The van der Waals surface area contributed by atoms with Crippen LogP contribution < -0.4 is 4.74 Å². The molecule has 0 bridgehead atoms. The Morgan fingerprint density at radius 2 is 2.17 bits per heavy atom. The van der Waals surface area contributed by atoms with Gasteiger partial charge in [-0.05, 0) is 6.07 Å². The van der Waals surface area contributed by atoms with Gasteiger partial charge in [-0.15, -0.1) is 0 Å². The van der Waals surface area contributed by atoms with Gasteiger partial charge >= 0.3 is 0 Å². The third-order valence-corrected chi connectivity index (χ3v) is 1.45. The number of aldehydes is 1. The molecule has 1 rings (SSSR count). The molecule has 0 spiro atoms. The summed E-state index contributed by atoms with van der Waals surface area (Å²) in [6, 6.07) is 7.44. The predicted octanol–water partition coefficient (Wildman–Crippen LogP) is 1.91. The van der Waals surface area contributed by atoms with Crippen molar-refractivity contribution in [3.63, 3.8) is 0 Å². The van der Waals surface area contributed by atoms with Gasteiger partial charge in [-0.2, -0.15) is 0 Å². The Kier molecular flexibility index (Phi) is 3.08. The monoisotopic (exact) mass is 162 g/mol. The van der Waals surface area contributed by atoms with Crippen LogP contribution in [0.3, 0.4) is 0 Å². The highest BCUT2D eigenvalue weighted by atomic mass is 16.5. The van der Waals surface area contributed by atoms with Crippen molar-refractivity contribution in [3.8, 4) is 5.75 Å². The number of carbonyl (C=O) groups excluding carboxylic acids is 1. The molecule has 0 atom stereocenters. The van der Waals surface area contributed by atoms with Crippen molar-refractivity contribution in [3.05, 3.63) is 36.4 Å². The topological polar surface area (TPSA) is 26.3 Å². The van der Waals surface area contributed by atoms with E-state index < -0.39 is 0 Å². The molecule has 0 fully saturated rings. The van der Waals surface area contributed by atoms with Crippen LogP contribution in [0.5, 0.6) is 5.75 Å². The molecule has 0 amide bonds. The number of hydrogen-bond acceptors (Lipinski definition) is 2. The Hall–Kier alpha value is -1.57. The fourth-order valence-electron chi connectivity index (χ4n) is 0.904. The molecule has 0 aliphatic carbocycles. The van der Waals surface area contributed by atoms with Gasteiger partial charge < -0.3 is 4.74 Å². The second-order valence-electron chi connectivity index (χ2n) is 2.22. The third-order valence-electron chi connectivity index (χ3n) is 1.45. The van der Waals surface area contributed by atoms with E-state index >= 15 is 0 Å². The zero-order valence-corrected chi connectivity index (χ0v) is 6.69. The summed E-state index contributed by atoms with van der Waals surface area (Å²) in [6.07, 6.45) is 2.42. The van der Waals surface area contributed by atoms with Gasteiger partial charge in [0, 0.05) is 5.56 Å². The van der Waals surface area contributed by atoms with E-state index in [2.05, 4.69) is 6.58 Å². The van der Waals surface area contributed by atoms with Crippen molar-refractivity contribution in [2.45, 2.75) is 0 Å². The van der Waals surface area contributed by atoms with Gasteiger partial charge in [0.2, 0.25) is 0 Å². The van der Waals surface area contributed by atoms with Gasteiger partial charge in [-0.1, -0.05) is 30.9 Å². The summed E-state index contributed by atoms with van der Waals surface area (Å²) < 4.78 is 5.14. The maximum atomic E-state index is 10.0. The van der Waals surface area contributed by atoms with E-state index in [1.54, 1.807) is 12.1 Å². The van der Waals surface area contributed by atoms with Gasteiger partial charge in [0.1, 0.15) is 12.4 Å². The first kappa shape index (κ1) is 8.53. The zero-order valence-electron chi connectivity index (χ0n) is 6.69. The molecule has 0 N–H and O–H groups in total. The van der Waals surface area contributed by atoms with Crippen LogP contribution in [0.4, 0.5) is 0 Å². The SMILES string of the molecule is C=Cc1ccccc1OCC=O. The van der Waals surface area contributed by atoms with E-state index in [1.807, 2.05) is 18.2 Å². The molecule has 0 aliphatic heterocycles. The number of hydrogen-bond donors (Lipinski definition) is 0. The molecule has 0 radical (unpaired) electrons. The second kappa shape index (κ2) is 4.34. The lowest BCUT2D eigenvalue weighted by Gasteiger charge is -2.04. The summed E-state index contributed by atoms with van der Waals surface area (Å²) in [4.78, 5) is 10.0. The van der Waals surface area contributed by atoms with Crippen LogP contribution in [0.15, 0.2) is 30.8 Å². The molecule has 2 heteroatoms. The van der Waals surface area contributed by atoms with Crippen molar-refractivity contribution < 1.29 is 9.53 Å². The first-order valence-corrected chi connectivity index (χ1v) is 3.66. The highest BCUT2D eigenvalue weighted by molar-refractivity contribution is 5.57. The molecule has 0 heterocycles. The van der Waals surface area contributed by atoms with Crippen LogP contribution in [0.25, 0.3) is 6.08 Å². The van der Waals surface area contributed by atoms with Gasteiger partial charge in [0.05, 0.1) is 0 Å². The molecule has 0 aromatic heterocycles. The normalized spacial score (nSPS) is 9.00. The molecule has 0 saturated carbocycles. The molecule has 1 aromatic rings. The average molecular weight is 162 g/mol. The summed E-state index contributed by atoms with van der Waals surface area (Å²) in [6.45, 7) is 3.72. The van der Waals surface area contributed by atoms with E-state index in [1.165, 1.54) is 0 Å². The zero-order chi connectivity index (χ0) is 8.81. The quantitative estimate of drug-likeness (QED) is 0.632. The number of carbonyl (C=O) groups is 1. The molecule has 0 saturated heterocycles. The Labute approximate surface area is 71.5 Å². The van der Waals surface area contributed by atoms with Crippen molar-refractivity contribution >= 4 is 12.4 Å². The van der Waals surface area contributed by atoms with Crippen molar-refractivity contribution in [1.82, 2.24) is 0 Å². The van der Waals surface area contributed by atoms with Crippen LogP contribution in [0.1, 0.15) is 5.56 Å². The lowest BCUT2D eigenvalue weighted by Crippen LogP contribution is -1.98. The lowest BCUT2D eigenvalue weighted by molar-refractivity contribution is -0.109. The first-order chi connectivity index (χ1) is 5.88. The van der Waals surface area contributed by atoms with Crippen LogP contribution >= 0.6 is 0 Å². The fraction of sp³-hybridized carbons (Fsp3) is 0.100. The van der Waals surface area contributed by atoms with Crippen molar-refractivity contribution in [2.75, 3.05) is 6.61 Å². The molecule has 62 valence electrons. The summed E-state index contributed by atoms with van der Waals surface area (Å²) in [5.74, 6) is 0.694. The Bertz CT molecular complexity index is 279. The molecular weight excluding hydrogens is 152 g/mol. The molecule has 12 heavy (non-hydrogen) atoms. The number of ether oxygens (including phenoxy) is 1. The van der Waals surface area contributed by atoms with Crippen LogP contribution in [-0.2, 0) is 4.79 Å². The number of para-hydroxylation sites is 1. The fourth-order valence-corrected chi connectivity index (χ4v) is 0.904. The second-order valence-corrected chi connectivity index (χ2v) is 2.22. The summed E-state index contributed by atoms with van der Waals surface area (Å²) in [5.41, 5.74) is 0.902. The molecule has 1 aromatic carbocycles. The molecule has 0 aliphatic rings. The third kappa shape index (κ3) is 1.95. The van der Waals surface area contributed by atoms with Crippen molar-refractivity contribution in [1.29, 1.82) is 0 Å². The molecular formula is C10H10O2. The summed E-state index contributed by atoms with van der Waals surface area (Å²) in [7, 11) is 0. The maximum absolute atomic E-state index is 10.0. The van der Waals surface area contributed by atoms with E-state index in [-0.39, 0.29) is 6.61 Å². The summed E-state index contributed by atoms with van der Waals surface area (Å²) >= 11 is 0. The van der Waals surface area contributed by atoms with Crippen LogP contribution in [0, 0.1) is 0 Å². The van der Waals surface area contributed by atoms with Gasteiger partial charge in [-0.25, -0.2) is 0 Å². The van der Waals surface area contributed by atoms with E-state index in [0.717, 1.165) is 11.8 Å². The van der Waals surface area contributed by atoms with Crippen LogP contribution in [-0.4, -0.2) is 12.9 Å². The molecule has 0 unspecified atom stereocenters. The largest absolute Gasteiger partial charge is 0.486 e. The minimum atomic E-state index is 0.0881. The predicted molar refractivity (Wildman–Crippen MR) is 48.1 cm³/mol. The Morgan fingerprint density at radius 1 is 1.42 bits per heavy atom. The van der Waals surface area contributed by atoms with Crippen LogP contribution in [0.2, 0.25) is 0 Å². The highest BCUT2D eigenvalue weighted by Gasteiger charge is 1.96. The van der Waals surface area contributed by atoms with E-state index in [0.29, 0.717) is 5.75 Å². The minimum Gasteiger partial charge on any atom is -0.486 e. The van der Waals surface area contributed by atoms with Gasteiger partial charge in [0.15, 0.2) is 6.29 Å². The minimum absolute atomic E-state index is 0.0881. The summed E-state index contributed by atoms with van der Waals surface area (Å²) in [5, 5.41) is 0. The maximum Gasteiger partial charge on any atom is 0.157 e. The van der Waals surface area contributed by atoms with Gasteiger partial charge in [0.25, 0.3) is 0 Å². The van der Waals surface area contributed by atoms with Crippen molar-refractivity contribution in [2.24, 2.45) is 0 Å². The smallest absolute Gasteiger partial charge is 0.157 e. The number of benzene rings is 1. The highest BCUT2D eigenvalue weighted by Crippen LogP contribution is 2.18. The van der Waals surface area contributed by atoms with Gasteiger partial charge in [-0.3, -0.25) is 4.79 Å². The number of rotatable bonds is 4.